The quantitative estimate of drug-likeness (QED) is 0.0891. The number of carbonyl (C=O) groups is 2. The Kier molecular flexibility index (Phi) is 14.5. The van der Waals surface area contributed by atoms with Crippen molar-refractivity contribution in [1.82, 2.24) is 10.2 Å². The van der Waals surface area contributed by atoms with Crippen molar-refractivity contribution in [1.29, 1.82) is 0 Å². The fraction of sp³-hybridized carbons (Fsp3) is 0.905. The van der Waals surface area contributed by atoms with Crippen LogP contribution in [0.1, 0.15) is 157 Å². The third-order valence-electron chi connectivity index (χ3n) is 14.5. The summed E-state index contributed by atoms with van der Waals surface area (Å²) in [6.45, 7) is 16.0. The molecule has 0 aromatic carbocycles. The van der Waals surface area contributed by atoms with Crippen LogP contribution >= 0.6 is 21.6 Å². The average molecular weight is 717 g/mol. The van der Waals surface area contributed by atoms with Crippen molar-refractivity contribution in [2.24, 2.45) is 46.3 Å². The van der Waals surface area contributed by atoms with Crippen LogP contribution in [0.15, 0.2) is 11.6 Å². The highest BCUT2D eigenvalue weighted by molar-refractivity contribution is 8.76. The van der Waals surface area contributed by atoms with E-state index in [-0.39, 0.29) is 24.0 Å². The number of β-amino-alcohol motifs (C(OH)–C–C–N with tert-alkyl or cyclic N) is 1. The zero-order valence-corrected chi connectivity index (χ0v) is 33.8. The Morgan fingerprint density at radius 3 is 2.59 bits per heavy atom. The Morgan fingerprint density at radius 2 is 1.82 bits per heavy atom. The standard InChI is InChI=1S/C42H72N2O3S2/c1-7-32-27-33(45)28-44(32)40(47)14-9-8-10-24-43-39(46)21-25-48-49-34-19-22-41(5)31(26-34)15-16-35-37-18-17-36(30(4)13-11-12-29(2)3)42(37,6)23-20-38(35)41/h15,29-30,32-38,45H,7-14,16-28H2,1-6H3,(H,43,46)/t30-,32-,33-,34+,35?,36-,37?,38?,41+,42-/m1/s1. The molecule has 4 aliphatic carbocycles. The number of nitrogens with zero attached hydrogens (tertiary/aromatic N) is 1. The van der Waals surface area contributed by atoms with Gasteiger partial charge in [-0.05, 0) is 123 Å². The van der Waals surface area contributed by atoms with Gasteiger partial charge in [0, 0.05) is 43.0 Å². The summed E-state index contributed by atoms with van der Waals surface area (Å²) in [5.41, 5.74) is 2.75. The van der Waals surface area contributed by atoms with Crippen molar-refractivity contribution in [3.05, 3.63) is 11.6 Å². The first kappa shape index (κ1) is 39.5. The van der Waals surface area contributed by atoms with E-state index in [0.29, 0.717) is 48.4 Å². The predicted molar refractivity (Wildman–Crippen MR) is 209 cm³/mol. The van der Waals surface area contributed by atoms with E-state index >= 15 is 0 Å². The van der Waals surface area contributed by atoms with Crippen LogP contribution in [0, 0.1) is 46.3 Å². The Labute approximate surface area is 308 Å². The smallest absolute Gasteiger partial charge is 0.222 e. The number of aliphatic hydroxyl groups excluding tert-OH is 1. The second kappa shape index (κ2) is 17.9. The van der Waals surface area contributed by atoms with Crippen LogP contribution < -0.4 is 5.32 Å². The van der Waals surface area contributed by atoms with Gasteiger partial charge in [0.2, 0.25) is 11.8 Å². The number of fused-ring (bicyclic) bond motifs is 5. The summed E-state index contributed by atoms with van der Waals surface area (Å²) >= 11 is 0. The first-order valence-electron chi connectivity index (χ1n) is 20.7. The van der Waals surface area contributed by atoms with E-state index in [1.807, 2.05) is 26.5 Å². The van der Waals surface area contributed by atoms with Gasteiger partial charge in [0.15, 0.2) is 0 Å². The molecule has 1 aliphatic heterocycles. The molecule has 1 heterocycles. The lowest BCUT2D eigenvalue weighted by Gasteiger charge is -2.58. The highest BCUT2D eigenvalue weighted by Gasteiger charge is 2.59. The van der Waals surface area contributed by atoms with Gasteiger partial charge in [-0.15, -0.1) is 0 Å². The Hall–Kier alpha value is -0.660. The fourth-order valence-electron chi connectivity index (χ4n) is 11.6. The van der Waals surface area contributed by atoms with Crippen molar-refractivity contribution in [2.75, 3.05) is 18.8 Å². The zero-order chi connectivity index (χ0) is 35.2. The molecule has 1 saturated heterocycles. The highest BCUT2D eigenvalue weighted by Crippen LogP contribution is 2.67. The van der Waals surface area contributed by atoms with Crippen molar-refractivity contribution in [3.8, 4) is 0 Å². The summed E-state index contributed by atoms with van der Waals surface area (Å²) in [6, 6.07) is 0.194. The highest BCUT2D eigenvalue weighted by atomic mass is 33.1. The second-order valence-corrected chi connectivity index (χ2v) is 20.8. The molecular weight excluding hydrogens is 645 g/mol. The van der Waals surface area contributed by atoms with Crippen molar-refractivity contribution in [3.63, 3.8) is 0 Å². The van der Waals surface area contributed by atoms with Crippen LogP contribution in [0.3, 0.4) is 0 Å². The lowest BCUT2D eigenvalue weighted by molar-refractivity contribution is -0.132. The molecule has 280 valence electrons. The van der Waals surface area contributed by atoms with Gasteiger partial charge in [-0.2, -0.15) is 0 Å². The molecule has 5 aliphatic rings. The van der Waals surface area contributed by atoms with Crippen molar-refractivity contribution in [2.45, 2.75) is 175 Å². The number of nitrogens with one attached hydrogen (secondary N) is 1. The Bertz CT molecular complexity index is 1130. The lowest BCUT2D eigenvalue weighted by atomic mass is 9.47. The number of likely N-dealkylation sites (tertiary alicyclic amines) is 1. The normalized spacial score (nSPS) is 36.2. The van der Waals surface area contributed by atoms with Crippen LogP contribution in [0.5, 0.6) is 0 Å². The van der Waals surface area contributed by atoms with Gasteiger partial charge in [-0.3, -0.25) is 9.59 Å². The van der Waals surface area contributed by atoms with Crippen LogP contribution in [-0.2, 0) is 9.59 Å². The number of allylic oxidation sites excluding steroid dienone is 2. The summed E-state index contributed by atoms with van der Waals surface area (Å²) in [7, 11) is 3.95. The van der Waals surface area contributed by atoms with Gasteiger partial charge in [0.25, 0.3) is 0 Å². The van der Waals surface area contributed by atoms with E-state index in [0.717, 1.165) is 66.9 Å². The number of hydrogen-bond donors (Lipinski definition) is 2. The van der Waals surface area contributed by atoms with Gasteiger partial charge in [-0.25, -0.2) is 0 Å². The van der Waals surface area contributed by atoms with Crippen LogP contribution in [0.2, 0.25) is 0 Å². The molecule has 2 N–H and O–H groups in total. The minimum absolute atomic E-state index is 0.154. The largest absolute Gasteiger partial charge is 0.391 e. The number of rotatable bonds is 17. The molecule has 0 radical (unpaired) electrons. The molecule has 5 nitrogen and oxygen atoms in total. The third kappa shape index (κ3) is 9.48. The maximum absolute atomic E-state index is 12.6. The maximum atomic E-state index is 12.6. The molecule has 0 spiro atoms. The maximum Gasteiger partial charge on any atom is 0.222 e. The topological polar surface area (TPSA) is 69.6 Å². The van der Waals surface area contributed by atoms with Gasteiger partial charge >= 0.3 is 0 Å². The molecule has 0 bridgehead atoms. The lowest BCUT2D eigenvalue weighted by Crippen LogP contribution is -2.50. The van der Waals surface area contributed by atoms with Gasteiger partial charge < -0.3 is 15.3 Å². The molecule has 49 heavy (non-hydrogen) atoms. The SMILES string of the molecule is CC[C@@H]1C[C@@H](O)CN1C(=O)CCCCCNC(=O)CCSS[C@H]1CC[C@@]2(C)C(=CCC3C2CC[C@@]2(C)C3CC[C@@H]2[C@H](C)CCCC(C)C)C1. The van der Waals surface area contributed by atoms with Crippen LogP contribution in [-0.4, -0.2) is 58.1 Å². The van der Waals surface area contributed by atoms with E-state index in [2.05, 4.69) is 52.9 Å². The molecule has 2 amide bonds. The second-order valence-electron chi connectivity index (χ2n) is 18.0. The molecular formula is C42H72N2O3S2. The fourth-order valence-corrected chi connectivity index (χ4v) is 14.3. The monoisotopic (exact) mass is 716 g/mol. The number of amides is 2. The van der Waals surface area contributed by atoms with Crippen molar-refractivity contribution < 1.29 is 14.7 Å². The first-order valence-corrected chi connectivity index (χ1v) is 23.1. The molecule has 10 atom stereocenters. The molecule has 3 saturated carbocycles. The van der Waals surface area contributed by atoms with Gasteiger partial charge in [0.1, 0.15) is 0 Å². The van der Waals surface area contributed by atoms with Gasteiger partial charge in [-0.1, -0.05) is 100 Å². The first-order chi connectivity index (χ1) is 23.5. The number of unbranched alkanes of at least 4 members (excludes halogenated alkanes) is 2. The van der Waals surface area contributed by atoms with Crippen LogP contribution in [0.25, 0.3) is 0 Å². The number of carbonyl (C=O) groups excluding carboxylic acids is 2. The summed E-state index contributed by atoms with van der Waals surface area (Å²) in [6.07, 6.45) is 23.1. The summed E-state index contributed by atoms with van der Waals surface area (Å²) in [4.78, 5) is 26.9. The number of hydrogen-bond acceptors (Lipinski definition) is 5. The molecule has 5 rings (SSSR count). The minimum Gasteiger partial charge on any atom is -0.391 e. The predicted octanol–water partition coefficient (Wildman–Crippen LogP) is 10.2. The van der Waals surface area contributed by atoms with E-state index in [1.54, 1.807) is 5.57 Å². The van der Waals surface area contributed by atoms with Gasteiger partial charge in [0.05, 0.1) is 6.10 Å². The molecule has 4 fully saturated rings. The minimum atomic E-state index is -0.367. The molecule has 0 aromatic rings. The summed E-state index contributed by atoms with van der Waals surface area (Å²) in [5.74, 6) is 6.57. The average Bonchev–Trinajstić information content (AvgIpc) is 3.63. The molecule has 0 aromatic heterocycles. The number of aliphatic hydroxyl groups is 1. The van der Waals surface area contributed by atoms with E-state index in [4.69, 9.17) is 0 Å². The van der Waals surface area contributed by atoms with Crippen molar-refractivity contribution >= 4 is 33.4 Å². The zero-order valence-electron chi connectivity index (χ0n) is 32.2. The van der Waals surface area contributed by atoms with E-state index in [1.165, 1.54) is 70.6 Å². The summed E-state index contributed by atoms with van der Waals surface area (Å²) in [5, 5.41) is 13.7. The Balaban J connectivity index is 0.970. The molecule has 3 unspecified atom stereocenters. The summed E-state index contributed by atoms with van der Waals surface area (Å²) < 4.78 is 0. The molecule has 7 heteroatoms. The van der Waals surface area contributed by atoms with E-state index in [9.17, 15) is 14.7 Å². The van der Waals surface area contributed by atoms with Crippen LogP contribution in [0.4, 0.5) is 0 Å². The van der Waals surface area contributed by atoms with E-state index < -0.39 is 0 Å². The Morgan fingerprint density at radius 1 is 1.00 bits per heavy atom. The third-order valence-corrected chi connectivity index (χ3v) is 17.4.